The van der Waals surface area contributed by atoms with Crippen LogP contribution in [-0.4, -0.2) is 69.8 Å². The standard InChI is InChI=1S/C26H25N5O2S/c32-25(18-6-7-21-22(13-28-23(21)12-18)17-4-2-1-3-5-17)31-15-20(16-31)29-19-8-10-30(14-19)26(33)24-27-9-11-34-24/h1-7,9,11-13,19-20,28-29H,8,10,14-16H2/t19-/m0/s1. The van der Waals surface area contributed by atoms with E-state index in [1.807, 2.05) is 57.8 Å². The Balaban J connectivity index is 1.05. The molecule has 2 aliphatic rings. The molecule has 8 heteroatoms. The summed E-state index contributed by atoms with van der Waals surface area (Å²) in [5.74, 6) is 0.0719. The van der Waals surface area contributed by atoms with Crippen LogP contribution in [0.1, 0.15) is 26.6 Å². The molecule has 0 aliphatic carbocycles. The van der Waals surface area contributed by atoms with Crippen LogP contribution < -0.4 is 5.32 Å². The number of hydrogen-bond donors (Lipinski definition) is 2. The van der Waals surface area contributed by atoms with Crippen molar-refractivity contribution in [3.63, 3.8) is 0 Å². The number of likely N-dealkylation sites (tertiary alicyclic amines) is 2. The van der Waals surface area contributed by atoms with Crippen molar-refractivity contribution in [2.75, 3.05) is 26.2 Å². The Hall–Kier alpha value is -3.49. The molecule has 6 rings (SSSR count). The Morgan fingerprint density at radius 3 is 2.62 bits per heavy atom. The zero-order valence-electron chi connectivity index (χ0n) is 18.6. The summed E-state index contributed by atoms with van der Waals surface area (Å²) >= 11 is 1.38. The van der Waals surface area contributed by atoms with E-state index in [2.05, 4.69) is 27.4 Å². The van der Waals surface area contributed by atoms with Crippen molar-refractivity contribution in [3.8, 4) is 11.1 Å². The molecule has 0 spiro atoms. The van der Waals surface area contributed by atoms with Crippen LogP contribution in [0, 0.1) is 0 Å². The van der Waals surface area contributed by atoms with E-state index in [1.54, 1.807) is 6.20 Å². The fraction of sp³-hybridized carbons (Fsp3) is 0.269. The second kappa shape index (κ2) is 8.70. The van der Waals surface area contributed by atoms with Crippen molar-refractivity contribution in [2.24, 2.45) is 0 Å². The number of hydrogen-bond acceptors (Lipinski definition) is 5. The van der Waals surface area contributed by atoms with Gasteiger partial charge < -0.3 is 20.1 Å². The summed E-state index contributed by atoms with van der Waals surface area (Å²) in [6.45, 7) is 2.81. The molecule has 34 heavy (non-hydrogen) atoms. The first-order valence-electron chi connectivity index (χ1n) is 11.6. The molecule has 4 heterocycles. The highest BCUT2D eigenvalue weighted by Gasteiger charge is 2.35. The molecule has 2 amide bonds. The van der Waals surface area contributed by atoms with Crippen LogP contribution in [0.4, 0.5) is 0 Å². The Bertz CT molecular complexity index is 1330. The fourth-order valence-electron chi connectivity index (χ4n) is 4.93. The molecule has 4 aromatic rings. The molecule has 2 fully saturated rings. The van der Waals surface area contributed by atoms with E-state index >= 15 is 0 Å². The maximum Gasteiger partial charge on any atom is 0.282 e. The third-order valence-corrected chi connectivity index (χ3v) is 7.51. The molecular formula is C26H25N5O2S. The number of aromatic nitrogens is 2. The van der Waals surface area contributed by atoms with Gasteiger partial charge in [0.2, 0.25) is 0 Å². The van der Waals surface area contributed by atoms with Crippen LogP contribution in [-0.2, 0) is 0 Å². The Labute approximate surface area is 201 Å². The van der Waals surface area contributed by atoms with E-state index in [9.17, 15) is 9.59 Å². The SMILES string of the molecule is O=C(c1ccc2c(-c3ccccc3)c[nH]c2c1)N1CC(N[C@H]2CCN(C(=O)c3nccs3)C2)C1. The van der Waals surface area contributed by atoms with E-state index < -0.39 is 0 Å². The predicted octanol–water partition coefficient (Wildman–Crippen LogP) is 3.62. The summed E-state index contributed by atoms with van der Waals surface area (Å²) in [6.07, 6.45) is 4.59. The fourth-order valence-corrected chi connectivity index (χ4v) is 5.53. The first kappa shape index (κ1) is 21.1. The zero-order valence-corrected chi connectivity index (χ0v) is 19.4. The van der Waals surface area contributed by atoms with Crippen molar-refractivity contribution in [2.45, 2.75) is 18.5 Å². The zero-order chi connectivity index (χ0) is 23.1. The van der Waals surface area contributed by atoms with Gasteiger partial charge in [-0.15, -0.1) is 11.3 Å². The highest BCUT2D eigenvalue weighted by atomic mass is 32.1. The largest absolute Gasteiger partial charge is 0.361 e. The normalized spacial score (nSPS) is 18.4. The van der Waals surface area contributed by atoms with Crippen molar-refractivity contribution in [1.29, 1.82) is 0 Å². The molecule has 0 bridgehead atoms. The minimum absolute atomic E-state index is 0.0137. The first-order valence-corrected chi connectivity index (χ1v) is 12.4. The van der Waals surface area contributed by atoms with Crippen molar-refractivity contribution < 1.29 is 9.59 Å². The van der Waals surface area contributed by atoms with Gasteiger partial charge in [-0.25, -0.2) is 4.98 Å². The summed E-state index contributed by atoms with van der Waals surface area (Å²) < 4.78 is 0. The number of benzene rings is 2. The van der Waals surface area contributed by atoms with Gasteiger partial charge in [0.15, 0.2) is 5.01 Å². The quantitative estimate of drug-likeness (QED) is 0.466. The summed E-state index contributed by atoms with van der Waals surface area (Å²) in [5, 5.41) is 7.12. The number of rotatable bonds is 5. The number of nitrogens with zero attached hydrogens (tertiary/aromatic N) is 3. The maximum absolute atomic E-state index is 13.0. The minimum atomic E-state index is 0.0137. The van der Waals surface area contributed by atoms with Crippen LogP contribution >= 0.6 is 11.3 Å². The molecule has 0 radical (unpaired) electrons. The van der Waals surface area contributed by atoms with Crippen LogP contribution in [0.5, 0.6) is 0 Å². The van der Waals surface area contributed by atoms with Crippen LogP contribution in [0.3, 0.4) is 0 Å². The second-order valence-electron chi connectivity index (χ2n) is 8.98. The highest BCUT2D eigenvalue weighted by molar-refractivity contribution is 7.11. The summed E-state index contributed by atoms with van der Waals surface area (Å²) in [6, 6.07) is 16.7. The third kappa shape index (κ3) is 3.89. The van der Waals surface area contributed by atoms with Crippen molar-refractivity contribution in [3.05, 3.63) is 76.9 Å². The van der Waals surface area contributed by atoms with Gasteiger partial charge in [0, 0.05) is 78.1 Å². The van der Waals surface area contributed by atoms with Crippen LogP contribution in [0.15, 0.2) is 66.3 Å². The summed E-state index contributed by atoms with van der Waals surface area (Å²) in [7, 11) is 0. The lowest BCUT2D eigenvalue weighted by atomic mass is 10.0. The molecule has 2 N–H and O–H groups in total. The van der Waals surface area contributed by atoms with E-state index in [0.29, 0.717) is 30.2 Å². The van der Waals surface area contributed by atoms with Crippen molar-refractivity contribution >= 4 is 34.1 Å². The molecule has 2 aromatic carbocycles. The number of H-pyrrole nitrogens is 1. The molecule has 0 unspecified atom stereocenters. The van der Waals surface area contributed by atoms with Crippen LogP contribution in [0.25, 0.3) is 22.0 Å². The van der Waals surface area contributed by atoms with Crippen molar-refractivity contribution in [1.82, 2.24) is 25.1 Å². The minimum Gasteiger partial charge on any atom is -0.361 e. The molecule has 2 saturated heterocycles. The lowest BCUT2D eigenvalue weighted by molar-refractivity contribution is 0.0553. The van der Waals surface area contributed by atoms with Gasteiger partial charge in [-0.3, -0.25) is 9.59 Å². The summed E-state index contributed by atoms with van der Waals surface area (Å²) in [5.41, 5.74) is 3.97. The van der Waals surface area contributed by atoms with Gasteiger partial charge in [-0.2, -0.15) is 0 Å². The summed E-state index contributed by atoms with van der Waals surface area (Å²) in [4.78, 5) is 36.7. The molecule has 1 atom stereocenters. The smallest absolute Gasteiger partial charge is 0.282 e. The molecule has 7 nitrogen and oxygen atoms in total. The average Bonchev–Trinajstić information content (AvgIpc) is 3.61. The monoisotopic (exact) mass is 471 g/mol. The number of fused-ring (bicyclic) bond motifs is 1. The Kier molecular flexibility index (Phi) is 5.39. The molecular weight excluding hydrogens is 446 g/mol. The number of carbonyl (C=O) groups excluding carboxylic acids is 2. The lowest BCUT2D eigenvalue weighted by Crippen LogP contribution is -2.62. The molecule has 172 valence electrons. The van der Waals surface area contributed by atoms with E-state index in [-0.39, 0.29) is 23.9 Å². The van der Waals surface area contributed by atoms with Gasteiger partial charge in [0.25, 0.3) is 11.8 Å². The van der Waals surface area contributed by atoms with Gasteiger partial charge in [-0.1, -0.05) is 36.4 Å². The average molecular weight is 472 g/mol. The number of carbonyl (C=O) groups is 2. The predicted molar refractivity (Wildman–Crippen MR) is 133 cm³/mol. The van der Waals surface area contributed by atoms with Gasteiger partial charge >= 0.3 is 0 Å². The van der Waals surface area contributed by atoms with Gasteiger partial charge in [0.1, 0.15) is 0 Å². The number of aromatic amines is 1. The molecule has 2 aliphatic heterocycles. The number of thiazole rings is 1. The Morgan fingerprint density at radius 1 is 1.00 bits per heavy atom. The molecule has 0 saturated carbocycles. The van der Waals surface area contributed by atoms with Crippen LogP contribution in [0.2, 0.25) is 0 Å². The van der Waals surface area contributed by atoms with E-state index in [1.165, 1.54) is 11.3 Å². The number of amides is 2. The van der Waals surface area contributed by atoms with E-state index in [0.717, 1.165) is 35.0 Å². The number of nitrogens with one attached hydrogen (secondary N) is 2. The van der Waals surface area contributed by atoms with Gasteiger partial charge in [0.05, 0.1) is 0 Å². The van der Waals surface area contributed by atoms with E-state index in [4.69, 9.17) is 0 Å². The van der Waals surface area contributed by atoms with Gasteiger partial charge in [-0.05, 0) is 24.1 Å². The topological polar surface area (TPSA) is 81.3 Å². The second-order valence-corrected chi connectivity index (χ2v) is 9.87. The highest BCUT2D eigenvalue weighted by Crippen LogP contribution is 2.29. The third-order valence-electron chi connectivity index (χ3n) is 6.74. The molecule has 2 aromatic heterocycles. The lowest BCUT2D eigenvalue weighted by Gasteiger charge is -2.41. The Morgan fingerprint density at radius 2 is 1.82 bits per heavy atom. The maximum atomic E-state index is 13.0. The first-order chi connectivity index (χ1) is 16.7.